The molecule has 0 saturated carbocycles. The van der Waals surface area contributed by atoms with Gasteiger partial charge in [-0.25, -0.2) is 4.39 Å². The van der Waals surface area contributed by atoms with Gasteiger partial charge < -0.3 is 10.0 Å². The van der Waals surface area contributed by atoms with Crippen molar-refractivity contribution < 1.29 is 9.50 Å². The summed E-state index contributed by atoms with van der Waals surface area (Å²) in [5, 5.41) is 9.74. The van der Waals surface area contributed by atoms with Gasteiger partial charge in [-0.2, -0.15) is 0 Å². The third-order valence-corrected chi connectivity index (χ3v) is 3.18. The van der Waals surface area contributed by atoms with Crippen LogP contribution in [0.15, 0.2) is 42.5 Å². The van der Waals surface area contributed by atoms with Gasteiger partial charge in [-0.1, -0.05) is 24.3 Å². The molecule has 2 rings (SSSR count). The molecular weight excluding hydrogens is 241 g/mol. The van der Waals surface area contributed by atoms with Gasteiger partial charge >= 0.3 is 0 Å². The highest BCUT2D eigenvalue weighted by Crippen LogP contribution is 2.25. The van der Waals surface area contributed by atoms with Crippen molar-refractivity contribution in [1.29, 1.82) is 0 Å². The number of halogens is 1. The predicted octanol–water partition coefficient (Wildman–Crippen LogP) is 3.87. The second-order valence-electron chi connectivity index (χ2n) is 4.60. The Morgan fingerprint density at radius 1 is 1.16 bits per heavy atom. The van der Waals surface area contributed by atoms with Crippen LogP contribution in [0.5, 0.6) is 5.75 Å². The number of rotatable bonds is 4. The number of hydrogen-bond donors (Lipinski definition) is 1. The fraction of sp³-hybridized carbons (Fsp3) is 0.250. The molecule has 19 heavy (non-hydrogen) atoms. The van der Waals surface area contributed by atoms with Gasteiger partial charge in [0.25, 0.3) is 0 Å². The van der Waals surface area contributed by atoms with Crippen molar-refractivity contribution in [3.63, 3.8) is 0 Å². The number of para-hydroxylation sites is 1. The van der Waals surface area contributed by atoms with Crippen LogP contribution in [-0.4, -0.2) is 11.7 Å². The Kier molecular flexibility index (Phi) is 4.05. The Hall–Kier alpha value is -2.03. The molecule has 2 nitrogen and oxygen atoms in total. The van der Waals surface area contributed by atoms with Gasteiger partial charge in [0.2, 0.25) is 0 Å². The average molecular weight is 259 g/mol. The summed E-state index contributed by atoms with van der Waals surface area (Å²) in [6, 6.07) is 12.8. The van der Waals surface area contributed by atoms with Gasteiger partial charge in [0.05, 0.1) is 0 Å². The summed E-state index contributed by atoms with van der Waals surface area (Å²) < 4.78 is 13.3. The zero-order valence-corrected chi connectivity index (χ0v) is 11.2. The van der Waals surface area contributed by atoms with E-state index in [0.717, 1.165) is 12.2 Å². The highest BCUT2D eigenvalue weighted by Gasteiger charge is 2.11. The van der Waals surface area contributed by atoms with E-state index in [-0.39, 0.29) is 5.75 Å². The topological polar surface area (TPSA) is 23.5 Å². The third kappa shape index (κ3) is 3.05. The summed E-state index contributed by atoms with van der Waals surface area (Å²) in [7, 11) is 0. The van der Waals surface area contributed by atoms with Gasteiger partial charge in [0.1, 0.15) is 0 Å². The molecule has 0 radical (unpaired) electrons. The summed E-state index contributed by atoms with van der Waals surface area (Å²) >= 11 is 0. The van der Waals surface area contributed by atoms with Crippen molar-refractivity contribution in [2.24, 2.45) is 0 Å². The largest absolute Gasteiger partial charge is 0.505 e. The molecule has 1 N–H and O–H groups in total. The van der Waals surface area contributed by atoms with Crippen LogP contribution in [0.3, 0.4) is 0 Å². The van der Waals surface area contributed by atoms with Crippen molar-refractivity contribution >= 4 is 5.69 Å². The van der Waals surface area contributed by atoms with E-state index in [1.54, 1.807) is 12.1 Å². The number of hydrogen-bond acceptors (Lipinski definition) is 2. The normalized spacial score (nSPS) is 10.5. The van der Waals surface area contributed by atoms with Crippen molar-refractivity contribution in [3.8, 4) is 5.75 Å². The van der Waals surface area contributed by atoms with Crippen molar-refractivity contribution in [2.75, 3.05) is 11.4 Å². The predicted molar refractivity (Wildman–Crippen MR) is 76.0 cm³/mol. The maximum absolute atomic E-state index is 13.3. The lowest BCUT2D eigenvalue weighted by molar-refractivity contribution is 0.425. The number of aryl methyl sites for hydroxylation is 1. The van der Waals surface area contributed by atoms with Gasteiger partial charge in [-0.3, -0.25) is 0 Å². The Bertz CT molecular complexity index is 568. The lowest BCUT2D eigenvalue weighted by atomic mass is 10.1. The summed E-state index contributed by atoms with van der Waals surface area (Å²) in [6.07, 6.45) is 0. The van der Waals surface area contributed by atoms with Crippen LogP contribution in [0.4, 0.5) is 10.1 Å². The Labute approximate surface area is 113 Å². The molecule has 0 amide bonds. The zero-order valence-electron chi connectivity index (χ0n) is 11.2. The van der Waals surface area contributed by atoms with Gasteiger partial charge in [-0.05, 0) is 37.6 Å². The van der Waals surface area contributed by atoms with Crippen LogP contribution < -0.4 is 4.90 Å². The molecule has 3 heteroatoms. The molecule has 0 aliphatic rings. The van der Waals surface area contributed by atoms with Crippen LogP contribution in [0.2, 0.25) is 0 Å². The molecule has 0 heterocycles. The minimum Gasteiger partial charge on any atom is -0.505 e. The molecular formula is C16H18FNO. The van der Waals surface area contributed by atoms with E-state index >= 15 is 0 Å². The van der Waals surface area contributed by atoms with E-state index in [1.807, 2.05) is 32.0 Å². The van der Waals surface area contributed by atoms with E-state index in [1.165, 1.54) is 11.6 Å². The third-order valence-electron chi connectivity index (χ3n) is 3.18. The smallest absolute Gasteiger partial charge is 0.165 e. The van der Waals surface area contributed by atoms with Crippen LogP contribution in [0, 0.1) is 12.7 Å². The van der Waals surface area contributed by atoms with E-state index in [4.69, 9.17) is 0 Å². The molecule has 2 aromatic carbocycles. The maximum atomic E-state index is 13.3. The number of anilines is 1. The molecule has 0 bridgehead atoms. The van der Waals surface area contributed by atoms with Crippen LogP contribution in [-0.2, 0) is 6.54 Å². The van der Waals surface area contributed by atoms with Gasteiger partial charge in [-0.15, -0.1) is 0 Å². The van der Waals surface area contributed by atoms with Crippen molar-refractivity contribution in [3.05, 3.63) is 59.4 Å². The molecule has 0 aromatic heterocycles. The molecule has 0 spiro atoms. The first-order valence-electron chi connectivity index (χ1n) is 6.39. The lowest BCUT2D eigenvalue weighted by Crippen LogP contribution is -2.22. The summed E-state index contributed by atoms with van der Waals surface area (Å²) in [4.78, 5) is 2.10. The summed E-state index contributed by atoms with van der Waals surface area (Å²) in [5.41, 5.74) is 2.86. The molecule has 0 aliphatic carbocycles. The van der Waals surface area contributed by atoms with E-state index in [0.29, 0.717) is 12.1 Å². The molecule has 0 saturated heterocycles. The fourth-order valence-corrected chi connectivity index (χ4v) is 2.10. The van der Waals surface area contributed by atoms with Crippen LogP contribution in [0.25, 0.3) is 0 Å². The van der Waals surface area contributed by atoms with Gasteiger partial charge in [0, 0.05) is 24.3 Å². The molecule has 0 fully saturated rings. The summed E-state index contributed by atoms with van der Waals surface area (Å²) in [6.45, 7) is 5.36. The monoisotopic (exact) mass is 259 g/mol. The minimum absolute atomic E-state index is 0.256. The highest BCUT2D eigenvalue weighted by atomic mass is 19.1. The standard InChI is InChI=1S/C16H18FNO/c1-3-18(14-8-4-6-12(2)10-14)11-13-7-5-9-15(17)16(13)19/h4-10,19H,3,11H2,1-2H3. The van der Waals surface area contributed by atoms with E-state index < -0.39 is 5.82 Å². The first-order valence-corrected chi connectivity index (χ1v) is 6.39. The second-order valence-corrected chi connectivity index (χ2v) is 4.60. The number of phenolic OH excluding ortho intramolecular Hbond substituents is 1. The second kappa shape index (κ2) is 5.74. The van der Waals surface area contributed by atoms with Crippen molar-refractivity contribution in [1.82, 2.24) is 0 Å². The Morgan fingerprint density at radius 2 is 1.89 bits per heavy atom. The first kappa shape index (κ1) is 13.4. The van der Waals surface area contributed by atoms with Crippen molar-refractivity contribution in [2.45, 2.75) is 20.4 Å². The number of nitrogens with zero attached hydrogens (tertiary/aromatic N) is 1. The maximum Gasteiger partial charge on any atom is 0.165 e. The Morgan fingerprint density at radius 3 is 2.58 bits per heavy atom. The molecule has 0 atom stereocenters. The average Bonchev–Trinajstić information content (AvgIpc) is 2.40. The number of phenols is 1. The Balaban J connectivity index is 2.26. The van der Waals surface area contributed by atoms with Crippen LogP contribution in [0.1, 0.15) is 18.1 Å². The van der Waals surface area contributed by atoms with Crippen LogP contribution >= 0.6 is 0 Å². The molecule has 0 aliphatic heterocycles. The van der Waals surface area contributed by atoms with Gasteiger partial charge in [0.15, 0.2) is 11.6 Å². The molecule has 2 aromatic rings. The quantitative estimate of drug-likeness (QED) is 0.901. The number of benzene rings is 2. The number of aromatic hydroxyl groups is 1. The molecule has 100 valence electrons. The first-order chi connectivity index (χ1) is 9.11. The SMILES string of the molecule is CCN(Cc1cccc(F)c1O)c1cccc(C)c1. The zero-order chi connectivity index (χ0) is 13.8. The molecule has 0 unspecified atom stereocenters. The van der Waals surface area contributed by atoms with E-state index in [9.17, 15) is 9.50 Å². The lowest BCUT2D eigenvalue weighted by Gasteiger charge is -2.24. The fourth-order valence-electron chi connectivity index (χ4n) is 2.10. The summed E-state index contributed by atoms with van der Waals surface area (Å²) in [5.74, 6) is -0.827. The highest BCUT2D eigenvalue weighted by molar-refractivity contribution is 5.50. The van der Waals surface area contributed by atoms with E-state index in [2.05, 4.69) is 11.0 Å². The minimum atomic E-state index is -0.571.